The van der Waals surface area contributed by atoms with Gasteiger partial charge in [-0.25, -0.2) is 4.98 Å². The van der Waals surface area contributed by atoms with Crippen molar-refractivity contribution in [2.24, 2.45) is 7.05 Å². The van der Waals surface area contributed by atoms with Gasteiger partial charge in [-0.1, -0.05) is 87.5 Å². The van der Waals surface area contributed by atoms with E-state index < -0.39 is 0 Å². The Bertz CT molecular complexity index is 1670. The molecule has 5 nitrogen and oxygen atoms in total. The summed E-state index contributed by atoms with van der Waals surface area (Å²) >= 11 is 0. The molecular weight excluding hydrogens is 434 g/mol. The van der Waals surface area contributed by atoms with Gasteiger partial charge in [0.05, 0.1) is 11.6 Å². The molecule has 0 unspecified atom stereocenters. The number of hydrogen-bond donors (Lipinski definition) is 0. The first-order valence-corrected chi connectivity index (χ1v) is 11.9. The van der Waals surface area contributed by atoms with E-state index in [9.17, 15) is 9.59 Å². The lowest BCUT2D eigenvalue weighted by atomic mass is 9.86. The molecule has 0 fully saturated rings. The van der Waals surface area contributed by atoms with Crippen LogP contribution < -0.4 is 11.0 Å². The van der Waals surface area contributed by atoms with Crippen LogP contribution in [0.5, 0.6) is 0 Å². The predicted octanol–water partition coefficient (Wildman–Crippen LogP) is 5.82. The lowest BCUT2D eigenvalue weighted by Gasteiger charge is -2.23. The number of pyridine rings is 1. The first-order chi connectivity index (χ1) is 16.7. The van der Waals surface area contributed by atoms with Gasteiger partial charge in [0.2, 0.25) is 5.43 Å². The minimum atomic E-state index is -0.326. The molecule has 0 aliphatic rings. The van der Waals surface area contributed by atoms with Gasteiger partial charge in [0.15, 0.2) is 5.65 Å². The second-order valence-corrected chi connectivity index (χ2v) is 10.1. The molecule has 0 radical (unpaired) electrons. The summed E-state index contributed by atoms with van der Waals surface area (Å²) < 4.78 is 3.51. The quantitative estimate of drug-likeness (QED) is 0.317. The molecule has 0 N–H and O–H groups in total. The maximum absolute atomic E-state index is 14.1. The standard InChI is InChI=1S/C30H29N3O2/c1-19(20-11-7-6-8-12-20)33-27(21-15-17-22(18-16-21)30(2,3)4)31-28-25(29(33)35)26(34)23-13-9-10-14-24(23)32(28)5/h6-19H,1-5H3/t19-/m1/s1. The van der Waals surface area contributed by atoms with Gasteiger partial charge >= 0.3 is 0 Å². The first-order valence-electron chi connectivity index (χ1n) is 11.9. The Hall–Kier alpha value is -3.99. The predicted molar refractivity (Wildman–Crippen MR) is 143 cm³/mol. The van der Waals surface area contributed by atoms with E-state index in [2.05, 4.69) is 32.9 Å². The van der Waals surface area contributed by atoms with Gasteiger partial charge in [0, 0.05) is 18.0 Å². The van der Waals surface area contributed by atoms with Gasteiger partial charge in [-0.2, -0.15) is 0 Å². The number of aryl methyl sites for hydroxylation is 1. The third-order valence-electron chi connectivity index (χ3n) is 6.83. The number of rotatable bonds is 3. The van der Waals surface area contributed by atoms with Crippen molar-refractivity contribution in [1.82, 2.24) is 14.1 Å². The van der Waals surface area contributed by atoms with Crippen LogP contribution in [0.25, 0.3) is 33.3 Å². The van der Waals surface area contributed by atoms with Crippen molar-refractivity contribution >= 4 is 21.9 Å². The summed E-state index contributed by atoms with van der Waals surface area (Å²) in [5, 5.41) is 0.631. The molecule has 176 valence electrons. The minimum Gasteiger partial charge on any atom is -0.328 e. The van der Waals surface area contributed by atoms with E-state index in [0.717, 1.165) is 16.6 Å². The van der Waals surface area contributed by atoms with Gasteiger partial charge in [0.1, 0.15) is 11.2 Å². The molecule has 3 aromatic carbocycles. The van der Waals surface area contributed by atoms with Crippen LogP contribution in [0.1, 0.15) is 44.9 Å². The Balaban J connectivity index is 1.89. The largest absolute Gasteiger partial charge is 0.328 e. The molecule has 0 aliphatic heterocycles. The van der Waals surface area contributed by atoms with Crippen LogP contribution >= 0.6 is 0 Å². The van der Waals surface area contributed by atoms with Gasteiger partial charge in [0.25, 0.3) is 5.56 Å². The van der Waals surface area contributed by atoms with Gasteiger partial charge in [-0.3, -0.25) is 14.2 Å². The average Bonchev–Trinajstić information content (AvgIpc) is 2.86. The smallest absolute Gasteiger partial charge is 0.267 e. The Morgan fingerprint density at radius 1 is 0.829 bits per heavy atom. The fourth-order valence-electron chi connectivity index (χ4n) is 4.73. The zero-order chi connectivity index (χ0) is 24.9. The molecule has 1 atom stereocenters. The molecule has 5 aromatic rings. The molecule has 0 bridgehead atoms. The van der Waals surface area contributed by atoms with E-state index in [4.69, 9.17) is 4.98 Å². The summed E-state index contributed by atoms with van der Waals surface area (Å²) in [7, 11) is 1.86. The van der Waals surface area contributed by atoms with Crippen LogP contribution in [-0.4, -0.2) is 14.1 Å². The molecule has 2 heterocycles. The monoisotopic (exact) mass is 463 g/mol. The van der Waals surface area contributed by atoms with Crippen LogP contribution in [0.3, 0.4) is 0 Å². The second-order valence-electron chi connectivity index (χ2n) is 10.1. The summed E-state index contributed by atoms with van der Waals surface area (Å²) in [5.41, 5.74) is 3.55. The van der Waals surface area contributed by atoms with Gasteiger partial charge in [-0.15, -0.1) is 0 Å². The van der Waals surface area contributed by atoms with Crippen molar-refractivity contribution in [2.75, 3.05) is 0 Å². The highest BCUT2D eigenvalue weighted by Gasteiger charge is 2.23. The van der Waals surface area contributed by atoms with Crippen LogP contribution in [0.15, 0.2) is 88.5 Å². The van der Waals surface area contributed by atoms with Gasteiger partial charge < -0.3 is 4.57 Å². The Kier molecular flexibility index (Phi) is 5.43. The molecule has 2 aromatic heterocycles. The Labute approximate surface area is 204 Å². The van der Waals surface area contributed by atoms with E-state index >= 15 is 0 Å². The Morgan fingerprint density at radius 2 is 1.46 bits per heavy atom. The van der Waals surface area contributed by atoms with E-state index in [1.807, 2.05) is 79.2 Å². The maximum Gasteiger partial charge on any atom is 0.267 e. The van der Waals surface area contributed by atoms with E-state index in [1.54, 1.807) is 10.6 Å². The van der Waals surface area contributed by atoms with Crippen molar-refractivity contribution in [2.45, 2.75) is 39.2 Å². The second kappa shape index (κ2) is 8.35. The third kappa shape index (κ3) is 3.77. The molecule has 0 saturated carbocycles. The van der Waals surface area contributed by atoms with Crippen molar-refractivity contribution < 1.29 is 0 Å². The third-order valence-corrected chi connectivity index (χ3v) is 6.83. The molecule has 35 heavy (non-hydrogen) atoms. The van der Waals surface area contributed by atoms with E-state index in [-0.39, 0.29) is 27.8 Å². The molecule has 0 amide bonds. The maximum atomic E-state index is 14.1. The number of hydrogen-bond acceptors (Lipinski definition) is 3. The fourth-order valence-corrected chi connectivity index (χ4v) is 4.73. The molecule has 5 heteroatoms. The van der Waals surface area contributed by atoms with Crippen LogP contribution in [0.2, 0.25) is 0 Å². The fraction of sp³-hybridized carbons (Fsp3) is 0.233. The molecule has 0 spiro atoms. The SMILES string of the molecule is C[C@H](c1ccccc1)n1c(-c2ccc(C(C)(C)C)cc2)nc2c(c(=O)c3ccccc3n2C)c1=O. The number of para-hydroxylation sites is 1. The highest BCUT2D eigenvalue weighted by molar-refractivity contribution is 5.92. The van der Waals surface area contributed by atoms with Crippen molar-refractivity contribution in [1.29, 1.82) is 0 Å². The first kappa shape index (κ1) is 22.8. The zero-order valence-corrected chi connectivity index (χ0v) is 20.7. The molecule has 0 saturated heterocycles. The molecule has 5 rings (SSSR count). The topological polar surface area (TPSA) is 56.9 Å². The number of fused-ring (bicyclic) bond motifs is 2. The number of aromatic nitrogens is 3. The highest BCUT2D eigenvalue weighted by atomic mass is 16.1. The summed E-state index contributed by atoms with van der Waals surface area (Å²) in [4.78, 5) is 32.6. The van der Waals surface area contributed by atoms with Crippen LogP contribution in [-0.2, 0) is 12.5 Å². The van der Waals surface area contributed by atoms with E-state index in [1.165, 1.54) is 5.56 Å². The van der Waals surface area contributed by atoms with Crippen molar-refractivity contribution in [3.05, 3.63) is 111 Å². The van der Waals surface area contributed by atoms with Gasteiger partial charge in [-0.05, 0) is 35.6 Å². The number of nitrogens with zero attached hydrogens (tertiary/aromatic N) is 3. The molecule has 0 aliphatic carbocycles. The van der Waals surface area contributed by atoms with Crippen LogP contribution in [0, 0.1) is 0 Å². The zero-order valence-electron chi connectivity index (χ0n) is 20.7. The van der Waals surface area contributed by atoms with Crippen molar-refractivity contribution in [3.63, 3.8) is 0 Å². The highest BCUT2D eigenvalue weighted by Crippen LogP contribution is 2.28. The summed E-state index contributed by atoms with van der Waals surface area (Å²) in [6, 6.07) is 25.1. The lowest BCUT2D eigenvalue weighted by molar-refractivity contribution is 0.590. The lowest BCUT2D eigenvalue weighted by Crippen LogP contribution is -2.31. The summed E-state index contributed by atoms with van der Waals surface area (Å²) in [6.45, 7) is 8.49. The molecular formula is C30H29N3O2. The average molecular weight is 464 g/mol. The number of benzene rings is 3. The van der Waals surface area contributed by atoms with E-state index in [0.29, 0.717) is 16.9 Å². The summed E-state index contributed by atoms with van der Waals surface area (Å²) in [6.07, 6.45) is 0. The summed E-state index contributed by atoms with van der Waals surface area (Å²) in [5.74, 6) is 0.546. The van der Waals surface area contributed by atoms with Crippen LogP contribution in [0.4, 0.5) is 0 Å². The Morgan fingerprint density at radius 3 is 2.11 bits per heavy atom. The minimum absolute atomic E-state index is 0.00908. The normalized spacial score (nSPS) is 12.8. The van der Waals surface area contributed by atoms with Crippen molar-refractivity contribution in [3.8, 4) is 11.4 Å².